The summed E-state index contributed by atoms with van der Waals surface area (Å²) in [5.74, 6) is 1.73. The summed E-state index contributed by atoms with van der Waals surface area (Å²) in [7, 11) is -1.99. The number of benzene rings is 2. The zero-order chi connectivity index (χ0) is 34.1. The highest BCUT2D eigenvalue weighted by Gasteiger charge is 2.54. The van der Waals surface area contributed by atoms with Gasteiger partial charge in [0.2, 0.25) is 0 Å². The molecule has 260 valence electrons. The van der Waals surface area contributed by atoms with Crippen molar-refractivity contribution in [3.05, 3.63) is 72.1 Å². The summed E-state index contributed by atoms with van der Waals surface area (Å²) in [5, 5.41) is 3.14. The van der Waals surface area contributed by atoms with Gasteiger partial charge in [0.25, 0.3) is 0 Å². The molecule has 0 spiro atoms. The molecule has 1 aromatic heterocycles. The molecule has 3 atom stereocenters. The number of methoxy groups -OCH3 is 1. The number of nitrogens with zero attached hydrogens (tertiary/aromatic N) is 4. The van der Waals surface area contributed by atoms with Gasteiger partial charge in [-0.2, -0.15) is 0 Å². The number of anilines is 1. The number of sulfone groups is 1. The lowest BCUT2D eigenvalue weighted by Crippen LogP contribution is -2.58. The Morgan fingerprint density at radius 3 is 2.52 bits per heavy atom. The van der Waals surface area contributed by atoms with Crippen LogP contribution in [0.5, 0.6) is 5.75 Å². The first-order valence-corrected chi connectivity index (χ1v) is 19.0. The van der Waals surface area contributed by atoms with E-state index < -0.39 is 21.5 Å². The van der Waals surface area contributed by atoms with E-state index in [4.69, 9.17) is 9.47 Å². The van der Waals surface area contributed by atoms with Crippen molar-refractivity contribution < 1.29 is 27.1 Å². The molecule has 1 amide bonds. The van der Waals surface area contributed by atoms with Gasteiger partial charge in [0.1, 0.15) is 22.3 Å². The van der Waals surface area contributed by atoms with Crippen LogP contribution in [0.4, 0.5) is 14.9 Å². The number of aryl methyl sites for hydroxylation is 1. The fourth-order valence-corrected chi connectivity index (χ4v) is 9.53. The molecule has 0 radical (unpaired) electrons. The van der Waals surface area contributed by atoms with E-state index in [1.165, 1.54) is 19.4 Å². The maximum atomic E-state index is 15.0. The number of amides is 1. The van der Waals surface area contributed by atoms with Crippen molar-refractivity contribution in [1.82, 2.24) is 19.8 Å². The number of hydrogen-bond donors (Lipinski definition) is 1. The lowest BCUT2D eigenvalue weighted by Gasteiger charge is -2.52. The SMILES string of the molecule is CCOc1cc(N2CC(CN3CCC(C(c4cccc(F)c4)([C@H]4CCC[C@@H]4NC(=O)OC)n4ccnc4C)CC3)C2)ccc1S(C)(=O)=O. The average Bonchev–Trinajstić information content (AvgIpc) is 3.69. The number of carbonyl (C=O) groups is 1. The molecular formula is C36H48FN5O5S. The van der Waals surface area contributed by atoms with Crippen LogP contribution in [0.25, 0.3) is 0 Å². The molecule has 3 heterocycles. The molecular weight excluding hydrogens is 633 g/mol. The second kappa shape index (κ2) is 14.1. The number of piperidine rings is 1. The van der Waals surface area contributed by atoms with E-state index >= 15 is 4.39 Å². The minimum Gasteiger partial charge on any atom is -0.492 e. The monoisotopic (exact) mass is 681 g/mol. The Labute approximate surface area is 283 Å². The Balaban J connectivity index is 1.20. The first-order chi connectivity index (χ1) is 23.0. The van der Waals surface area contributed by atoms with Gasteiger partial charge in [-0.25, -0.2) is 22.6 Å². The highest BCUT2D eigenvalue weighted by molar-refractivity contribution is 7.90. The van der Waals surface area contributed by atoms with Crippen molar-refractivity contribution >= 4 is 21.6 Å². The molecule has 1 aliphatic carbocycles. The van der Waals surface area contributed by atoms with Crippen LogP contribution in [0, 0.1) is 30.5 Å². The fourth-order valence-electron chi connectivity index (χ4n) is 8.73. The van der Waals surface area contributed by atoms with Gasteiger partial charge in [0, 0.05) is 67.9 Å². The van der Waals surface area contributed by atoms with Crippen LogP contribution in [-0.4, -0.2) is 87.7 Å². The number of ether oxygens (including phenoxy) is 2. The standard InChI is InChI=1S/C36H48FN5O5S/c1-5-47-33-21-30(12-13-34(33)48(4,44)45)41-23-26(24-41)22-40-17-14-27(15-18-40)36(42-19-16-38-25(42)2,28-8-6-9-29(37)20-28)31-10-7-11-32(31)39-35(43)46-3/h6,8-9,12-13,16,19-21,26-27,31-32H,5,7,10-11,14-15,17-18,22-24H2,1-4H3,(H,39,43)/t31-,32-,36?/m0/s1. The number of imidazole rings is 1. The highest BCUT2D eigenvalue weighted by atomic mass is 32.2. The predicted molar refractivity (Wildman–Crippen MR) is 183 cm³/mol. The second-order valence-electron chi connectivity index (χ2n) is 13.6. The van der Waals surface area contributed by atoms with Crippen LogP contribution < -0.4 is 15.0 Å². The topological polar surface area (TPSA) is 106 Å². The van der Waals surface area contributed by atoms with Gasteiger partial charge in [-0.3, -0.25) is 0 Å². The van der Waals surface area contributed by atoms with Crippen LogP contribution in [0.2, 0.25) is 0 Å². The number of halogens is 1. The van der Waals surface area contributed by atoms with Crippen LogP contribution in [0.1, 0.15) is 50.4 Å². The van der Waals surface area contributed by atoms with Gasteiger partial charge in [0.15, 0.2) is 9.84 Å². The Hall–Kier alpha value is -3.64. The lowest BCUT2D eigenvalue weighted by molar-refractivity contribution is 0.0457. The molecule has 12 heteroatoms. The summed E-state index contributed by atoms with van der Waals surface area (Å²) in [5.41, 5.74) is 1.30. The van der Waals surface area contributed by atoms with Gasteiger partial charge in [-0.1, -0.05) is 18.6 Å². The first kappa shape index (κ1) is 34.2. The Morgan fingerprint density at radius 2 is 1.88 bits per heavy atom. The van der Waals surface area contributed by atoms with E-state index in [2.05, 4.69) is 24.7 Å². The smallest absolute Gasteiger partial charge is 0.407 e. The fraction of sp³-hybridized carbons (Fsp3) is 0.556. The first-order valence-electron chi connectivity index (χ1n) is 17.1. The summed E-state index contributed by atoms with van der Waals surface area (Å²) in [4.78, 5) is 22.2. The number of aromatic nitrogens is 2. The maximum absolute atomic E-state index is 15.0. The minimum absolute atomic E-state index is 0.0266. The zero-order valence-electron chi connectivity index (χ0n) is 28.4. The van der Waals surface area contributed by atoms with E-state index in [9.17, 15) is 13.2 Å². The third-order valence-corrected chi connectivity index (χ3v) is 11.9. The lowest BCUT2D eigenvalue weighted by atomic mass is 9.64. The maximum Gasteiger partial charge on any atom is 0.407 e. The van der Waals surface area contributed by atoms with Gasteiger partial charge >= 0.3 is 6.09 Å². The summed E-state index contributed by atoms with van der Waals surface area (Å²) in [6, 6.07) is 12.3. The highest BCUT2D eigenvalue weighted by Crippen LogP contribution is 2.52. The number of carbonyl (C=O) groups excluding carboxylic acids is 1. The molecule has 2 aromatic carbocycles. The molecule has 10 nitrogen and oxygen atoms in total. The molecule has 3 aromatic rings. The van der Waals surface area contributed by atoms with Crippen molar-refractivity contribution in [2.24, 2.45) is 17.8 Å². The zero-order valence-corrected chi connectivity index (χ0v) is 29.2. The molecule has 48 heavy (non-hydrogen) atoms. The molecule has 2 saturated heterocycles. The number of alkyl carbamates (subject to hydrolysis) is 1. The van der Waals surface area contributed by atoms with Crippen LogP contribution >= 0.6 is 0 Å². The molecule has 0 bridgehead atoms. The van der Waals surface area contributed by atoms with Gasteiger partial charge in [-0.15, -0.1) is 0 Å². The quantitative estimate of drug-likeness (QED) is 0.293. The van der Waals surface area contributed by atoms with Crippen LogP contribution in [0.15, 0.2) is 59.8 Å². The molecule has 3 aliphatic rings. The molecule has 6 rings (SSSR count). The number of nitrogens with one attached hydrogen (secondary N) is 1. The van der Waals surface area contributed by atoms with Gasteiger partial charge in [-0.05, 0) is 88.4 Å². The van der Waals surface area contributed by atoms with E-state index in [1.807, 2.05) is 44.4 Å². The normalized spacial score (nSPS) is 22.2. The van der Waals surface area contributed by atoms with Crippen LogP contribution in [-0.2, 0) is 20.1 Å². The minimum atomic E-state index is -3.38. The third-order valence-electron chi connectivity index (χ3n) is 10.8. The van der Waals surface area contributed by atoms with Crippen molar-refractivity contribution in [3.63, 3.8) is 0 Å². The molecule has 2 aliphatic heterocycles. The average molecular weight is 682 g/mol. The summed E-state index contributed by atoms with van der Waals surface area (Å²) >= 11 is 0. The van der Waals surface area contributed by atoms with Gasteiger partial charge < -0.3 is 29.2 Å². The van der Waals surface area contributed by atoms with E-state index in [-0.39, 0.29) is 28.6 Å². The Morgan fingerprint density at radius 1 is 1.10 bits per heavy atom. The largest absolute Gasteiger partial charge is 0.492 e. The van der Waals surface area contributed by atoms with E-state index in [1.54, 1.807) is 18.2 Å². The summed E-state index contributed by atoms with van der Waals surface area (Å²) in [6.07, 6.45) is 9.18. The summed E-state index contributed by atoms with van der Waals surface area (Å²) in [6.45, 7) is 8.88. The predicted octanol–water partition coefficient (Wildman–Crippen LogP) is 5.25. The number of likely N-dealkylation sites (tertiary alicyclic amines) is 1. The number of hydrogen-bond acceptors (Lipinski definition) is 8. The molecule has 1 unspecified atom stereocenters. The molecule has 3 fully saturated rings. The van der Waals surface area contributed by atoms with Crippen molar-refractivity contribution in [3.8, 4) is 5.75 Å². The van der Waals surface area contributed by atoms with Crippen molar-refractivity contribution in [2.45, 2.75) is 62.4 Å². The molecule has 1 saturated carbocycles. The third kappa shape index (κ3) is 6.65. The van der Waals surface area contributed by atoms with E-state index in [0.29, 0.717) is 18.3 Å². The van der Waals surface area contributed by atoms with Crippen molar-refractivity contribution in [1.29, 1.82) is 0 Å². The second-order valence-corrected chi connectivity index (χ2v) is 15.6. The Bertz CT molecular complexity index is 1700. The summed E-state index contributed by atoms with van der Waals surface area (Å²) < 4.78 is 52.5. The van der Waals surface area contributed by atoms with Crippen LogP contribution in [0.3, 0.4) is 0 Å². The Kier molecular flexibility index (Phi) is 10.0. The van der Waals surface area contributed by atoms with E-state index in [0.717, 1.165) is 81.9 Å². The van der Waals surface area contributed by atoms with Crippen molar-refractivity contribution in [2.75, 3.05) is 57.6 Å². The molecule has 1 N–H and O–H groups in total. The number of rotatable bonds is 11. The van der Waals surface area contributed by atoms with Gasteiger partial charge in [0.05, 0.1) is 19.3 Å².